The highest BCUT2D eigenvalue weighted by molar-refractivity contribution is 14.0. The van der Waals surface area contributed by atoms with Crippen molar-refractivity contribution in [2.45, 2.75) is 32.9 Å². The zero-order valence-electron chi connectivity index (χ0n) is 17.5. The van der Waals surface area contributed by atoms with Crippen LogP contribution in [0.3, 0.4) is 0 Å². The highest BCUT2D eigenvalue weighted by atomic mass is 127. The van der Waals surface area contributed by atoms with Crippen LogP contribution in [0.15, 0.2) is 29.3 Å². The molecule has 2 rings (SSSR count). The number of hydrogen-bond donors (Lipinski definition) is 2. The van der Waals surface area contributed by atoms with Gasteiger partial charge in [-0.15, -0.1) is 24.0 Å². The first kappa shape index (κ1) is 25.1. The maximum atomic E-state index is 11.5. The minimum Gasteiger partial charge on any atom is -0.354 e. The molecule has 7 nitrogen and oxygen atoms in total. The van der Waals surface area contributed by atoms with Crippen LogP contribution in [0.5, 0.6) is 0 Å². The van der Waals surface area contributed by atoms with Crippen molar-refractivity contribution in [2.75, 3.05) is 46.0 Å². The number of benzene rings is 1. The molecule has 28 heavy (non-hydrogen) atoms. The van der Waals surface area contributed by atoms with E-state index in [1.165, 1.54) is 17.4 Å². The number of aliphatic imine (C=N–C) groups is 1. The molecule has 1 aromatic rings. The third kappa shape index (κ3) is 8.62. The number of halogens is 1. The molecular formula is C19H34IN5O2S. The Morgan fingerprint density at radius 1 is 1.21 bits per heavy atom. The number of nitrogens with zero attached hydrogens (tertiary/aromatic N) is 3. The Bertz CT molecular complexity index is 759. The van der Waals surface area contributed by atoms with Crippen LogP contribution in [-0.4, -0.2) is 75.7 Å². The van der Waals surface area contributed by atoms with Gasteiger partial charge in [0.2, 0.25) is 10.0 Å². The van der Waals surface area contributed by atoms with Crippen LogP contribution in [0.1, 0.15) is 25.0 Å². The Morgan fingerprint density at radius 3 is 2.39 bits per heavy atom. The predicted octanol–water partition coefficient (Wildman–Crippen LogP) is 1.63. The summed E-state index contributed by atoms with van der Waals surface area (Å²) in [5.74, 6) is 0.814. The van der Waals surface area contributed by atoms with E-state index in [2.05, 4.69) is 56.0 Å². The molecule has 2 N–H and O–H groups in total. The van der Waals surface area contributed by atoms with E-state index in [-0.39, 0.29) is 24.0 Å². The van der Waals surface area contributed by atoms with E-state index in [0.717, 1.165) is 38.7 Å². The largest absolute Gasteiger partial charge is 0.354 e. The lowest BCUT2D eigenvalue weighted by atomic mass is 10.1. The molecule has 0 radical (unpaired) electrons. The summed E-state index contributed by atoms with van der Waals surface area (Å²) < 4.78 is 25.6. The quantitative estimate of drug-likeness (QED) is 0.337. The Morgan fingerprint density at radius 2 is 1.86 bits per heavy atom. The van der Waals surface area contributed by atoms with Crippen LogP contribution in [0.25, 0.3) is 0 Å². The Balaban J connectivity index is 0.00000392. The fraction of sp³-hybridized carbons (Fsp3) is 0.632. The molecule has 1 aromatic carbocycles. The van der Waals surface area contributed by atoms with E-state index in [1.54, 1.807) is 7.05 Å². The molecule has 1 aliphatic heterocycles. The molecule has 1 heterocycles. The van der Waals surface area contributed by atoms with E-state index < -0.39 is 15.6 Å². The van der Waals surface area contributed by atoms with Crippen molar-refractivity contribution in [2.24, 2.45) is 4.99 Å². The van der Waals surface area contributed by atoms with Gasteiger partial charge in [-0.25, -0.2) is 13.1 Å². The van der Waals surface area contributed by atoms with Gasteiger partial charge in [-0.2, -0.15) is 0 Å². The molecule has 1 aliphatic rings. The van der Waals surface area contributed by atoms with Gasteiger partial charge in [-0.1, -0.05) is 29.8 Å². The number of nitrogens with one attached hydrogen (secondary N) is 2. The van der Waals surface area contributed by atoms with Crippen molar-refractivity contribution in [3.63, 3.8) is 0 Å². The molecule has 0 amide bonds. The van der Waals surface area contributed by atoms with Crippen molar-refractivity contribution in [3.05, 3.63) is 35.4 Å². The van der Waals surface area contributed by atoms with Crippen LogP contribution in [-0.2, 0) is 16.6 Å². The summed E-state index contributed by atoms with van der Waals surface area (Å²) >= 11 is 0. The van der Waals surface area contributed by atoms with Gasteiger partial charge < -0.3 is 10.2 Å². The summed E-state index contributed by atoms with van der Waals surface area (Å²) in [6, 6.07) is 8.65. The van der Waals surface area contributed by atoms with Gasteiger partial charge in [-0.3, -0.25) is 9.89 Å². The zero-order valence-corrected chi connectivity index (χ0v) is 20.7. The van der Waals surface area contributed by atoms with E-state index in [4.69, 9.17) is 0 Å². The molecule has 0 aromatic heterocycles. The summed E-state index contributed by atoms with van der Waals surface area (Å²) in [7, 11) is -1.49. The lowest BCUT2D eigenvalue weighted by Crippen LogP contribution is -2.56. The monoisotopic (exact) mass is 523 g/mol. The molecule has 0 spiro atoms. The second kappa shape index (κ2) is 10.7. The SMILES string of the molecule is CN=C(NCC(C)(C)NS(C)(=O)=O)N1CCN(Cc2cccc(C)c2)CC1.I. The molecule has 1 saturated heterocycles. The number of sulfonamides is 1. The first-order valence-corrected chi connectivity index (χ1v) is 11.2. The van der Waals surface area contributed by atoms with Gasteiger partial charge in [0.25, 0.3) is 0 Å². The van der Waals surface area contributed by atoms with Gasteiger partial charge in [0, 0.05) is 51.9 Å². The van der Waals surface area contributed by atoms with Gasteiger partial charge >= 0.3 is 0 Å². The fourth-order valence-corrected chi connectivity index (χ4v) is 4.43. The van der Waals surface area contributed by atoms with Crippen molar-refractivity contribution in [3.8, 4) is 0 Å². The maximum absolute atomic E-state index is 11.5. The molecule has 160 valence electrons. The normalized spacial score (nSPS) is 16.6. The highest BCUT2D eigenvalue weighted by Crippen LogP contribution is 2.11. The van der Waals surface area contributed by atoms with Crippen LogP contribution in [0, 0.1) is 6.92 Å². The van der Waals surface area contributed by atoms with Crippen molar-refractivity contribution >= 4 is 40.0 Å². The van der Waals surface area contributed by atoms with Crippen LogP contribution < -0.4 is 10.0 Å². The van der Waals surface area contributed by atoms with E-state index in [1.807, 2.05) is 13.8 Å². The Kier molecular flexibility index (Phi) is 9.65. The molecular weight excluding hydrogens is 489 g/mol. The lowest BCUT2D eigenvalue weighted by molar-refractivity contribution is 0.172. The third-order valence-corrected chi connectivity index (χ3v) is 5.45. The summed E-state index contributed by atoms with van der Waals surface area (Å²) in [4.78, 5) is 9.05. The fourth-order valence-electron chi connectivity index (χ4n) is 3.36. The van der Waals surface area contributed by atoms with Gasteiger partial charge in [0.1, 0.15) is 0 Å². The second-order valence-electron chi connectivity index (χ2n) is 7.91. The highest BCUT2D eigenvalue weighted by Gasteiger charge is 2.25. The topological polar surface area (TPSA) is 77.0 Å². The smallest absolute Gasteiger partial charge is 0.209 e. The standard InChI is InChI=1S/C19H33N5O2S.HI/c1-16-7-6-8-17(13-16)14-23-9-11-24(12-10-23)18(20-4)21-15-19(2,3)22-27(5,25)26;/h6-8,13,22H,9-12,14-15H2,1-5H3,(H,20,21);1H. The van der Waals surface area contributed by atoms with Crippen LogP contribution in [0.4, 0.5) is 0 Å². The summed E-state index contributed by atoms with van der Waals surface area (Å²) in [6.45, 7) is 11.0. The minimum atomic E-state index is -3.25. The second-order valence-corrected chi connectivity index (χ2v) is 9.66. The van der Waals surface area contributed by atoms with Gasteiger partial charge in [0.05, 0.1) is 6.26 Å². The number of hydrogen-bond acceptors (Lipinski definition) is 4. The van der Waals surface area contributed by atoms with Crippen LogP contribution in [0.2, 0.25) is 0 Å². The number of aryl methyl sites for hydroxylation is 1. The maximum Gasteiger partial charge on any atom is 0.209 e. The summed E-state index contributed by atoms with van der Waals surface area (Å²) in [5, 5.41) is 3.30. The average molecular weight is 523 g/mol. The first-order chi connectivity index (χ1) is 12.6. The van der Waals surface area contributed by atoms with E-state index >= 15 is 0 Å². The van der Waals surface area contributed by atoms with Crippen molar-refractivity contribution < 1.29 is 8.42 Å². The Hall–Kier alpha value is -0.910. The molecule has 0 aliphatic carbocycles. The lowest BCUT2D eigenvalue weighted by Gasteiger charge is -2.37. The predicted molar refractivity (Wildman–Crippen MR) is 127 cm³/mol. The first-order valence-electron chi connectivity index (χ1n) is 9.30. The van der Waals surface area contributed by atoms with Crippen LogP contribution >= 0.6 is 24.0 Å². The van der Waals surface area contributed by atoms with Gasteiger partial charge in [0.15, 0.2) is 5.96 Å². The van der Waals surface area contributed by atoms with E-state index in [0.29, 0.717) is 6.54 Å². The summed E-state index contributed by atoms with van der Waals surface area (Å²) in [6.07, 6.45) is 1.18. The minimum absolute atomic E-state index is 0. The van der Waals surface area contributed by atoms with Crippen molar-refractivity contribution in [1.29, 1.82) is 0 Å². The molecule has 0 unspecified atom stereocenters. The number of guanidine groups is 1. The third-order valence-electron chi connectivity index (χ3n) is 4.52. The zero-order chi connectivity index (χ0) is 20.1. The average Bonchev–Trinajstić information content (AvgIpc) is 2.54. The molecule has 1 fully saturated rings. The van der Waals surface area contributed by atoms with Gasteiger partial charge in [-0.05, 0) is 26.3 Å². The van der Waals surface area contributed by atoms with E-state index in [9.17, 15) is 8.42 Å². The number of rotatable bonds is 6. The summed E-state index contributed by atoms with van der Waals surface area (Å²) in [5.41, 5.74) is 2.05. The molecule has 9 heteroatoms. The molecule has 0 atom stereocenters. The Labute approximate surface area is 187 Å². The molecule has 0 saturated carbocycles. The van der Waals surface area contributed by atoms with Crippen molar-refractivity contribution in [1.82, 2.24) is 19.8 Å². The molecule has 0 bridgehead atoms. The number of piperazine rings is 1.